The molecule has 2 nitrogen and oxygen atoms in total. The Morgan fingerprint density at radius 1 is 1.19 bits per heavy atom. The average Bonchev–Trinajstić information content (AvgIpc) is 2.49. The third-order valence-electron chi connectivity index (χ3n) is 3.07. The first kappa shape index (κ1) is 16.1. The third kappa shape index (κ3) is 4.58. The summed E-state index contributed by atoms with van der Waals surface area (Å²) >= 11 is 9.37. The van der Waals surface area contributed by atoms with Gasteiger partial charge in [-0.15, -0.1) is 0 Å². The number of carbonyl (C=O) groups excluding carboxylic acids is 1. The Kier molecular flexibility index (Phi) is 5.83. The lowest BCUT2D eigenvalue weighted by Gasteiger charge is -2.08. The van der Waals surface area contributed by atoms with Gasteiger partial charge in [-0.05, 0) is 30.2 Å². The summed E-state index contributed by atoms with van der Waals surface area (Å²) in [5, 5.41) is 0.490. The van der Waals surface area contributed by atoms with Gasteiger partial charge in [0.15, 0.2) is 12.4 Å². The fraction of sp³-hybridized carbons (Fsp3) is 0.235. The van der Waals surface area contributed by atoms with Crippen molar-refractivity contribution in [2.45, 2.75) is 19.8 Å². The highest BCUT2D eigenvalue weighted by Gasteiger charge is 2.09. The number of rotatable bonds is 6. The van der Waals surface area contributed by atoms with Crippen LogP contribution in [0.4, 0.5) is 0 Å². The smallest absolute Gasteiger partial charge is 0.200 e. The Hall–Kier alpha value is -1.32. The van der Waals surface area contributed by atoms with Crippen LogP contribution >= 0.6 is 27.5 Å². The summed E-state index contributed by atoms with van der Waals surface area (Å²) in [6.07, 6.45) is 2.12. The number of hydrogen-bond acceptors (Lipinski definition) is 2. The SMILES string of the molecule is CCCc1ccc(C(=O)COc2cc(Br)ccc2Cl)cc1. The summed E-state index contributed by atoms with van der Waals surface area (Å²) < 4.78 is 6.36. The number of halogens is 2. The van der Waals surface area contributed by atoms with Gasteiger partial charge in [-0.3, -0.25) is 4.79 Å². The van der Waals surface area contributed by atoms with E-state index in [1.54, 1.807) is 12.1 Å². The van der Waals surface area contributed by atoms with Crippen molar-refractivity contribution in [1.29, 1.82) is 0 Å². The maximum absolute atomic E-state index is 12.1. The minimum atomic E-state index is -0.0610. The van der Waals surface area contributed by atoms with Crippen LogP contribution in [0.15, 0.2) is 46.9 Å². The molecule has 0 radical (unpaired) electrons. The lowest BCUT2D eigenvalue weighted by Crippen LogP contribution is -2.11. The summed E-state index contributed by atoms with van der Waals surface area (Å²) in [5.41, 5.74) is 1.89. The quantitative estimate of drug-likeness (QED) is 0.646. The predicted octanol–water partition coefficient (Wildman–Crippen LogP) is 5.32. The van der Waals surface area contributed by atoms with Crippen molar-refractivity contribution >= 4 is 33.3 Å². The predicted molar refractivity (Wildman–Crippen MR) is 89.4 cm³/mol. The number of Topliss-reactive ketones (excluding diaryl/α,β-unsaturated/α-hetero) is 1. The molecular formula is C17H16BrClO2. The van der Waals surface area contributed by atoms with Crippen molar-refractivity contribution < 1.29 is 9.53 Å². The Morgan fingerprint density at radius 2 is 1.90 bits per heavy atom. The molecule has 2 aromatic rings. The first-order valence-corrected chi connectivity index (χ1v) is 7.97. The molecule has 0 aromatic heterocycles. The van der Waals surface area contributed by atoms with Gasteiger partial charge in [-0.25, -0.2) is 0 Å². The molecule has 0 aliphatic carbocycles. The molecule has 0 bridgehead atoms. The van der Waals surface area contributed by atoms with E-state index in [-0.39, 0.29) is 12.4 Å². The van der Waals surface area contributed by atoms with E-state index in [0.29, 0.717) is 16.3 Å². The average molecular weight is 368 g/mol. The second kappa shape index (κ2) is 7.62. The molecule has 2 rings (SSSR count). The second-order valence-electron chi connectivity index (χ2n) is 4.73. The van der Waals surface area contributed by atoms with Crippen LogP contribution in [0.2, 0.25) is 5.02 Å². The Bertz CT molecular complexity index is 623. The maximum atomic E-state index is 12.1. The van der Waals surface area contributed by atoms with Gasteiger partial charge in [0.05, 0.1) is 5.02 Å². The van der Waals surface area contributed by atoms with E-state index in [4.69, 9.17) is 16.3 Å². The standard InChI is InChI=1S/C17H16BrClO2/c1-2-3-12-4-6-13(7-5-12)16(20)11-21-17-10-14(18)8-9-15(17)19/h4-10H,2-3,11H2,1H3. The lowest BCUT2D eigenvalue weighted by atomic mass is 10.1. The van der Waals surface area contributed by atoms with Crippen LogP contribution in [-0.2, 0) is 6.42 Å². The van der Waals surface area contributed by atoms with Gasteiger partial charge in [0.1, 0.15) is 5.75 Å². The molecular weight excluding hydrogens is 352 g/mol. The fourth-order valence-corrected chi connectivity index (χ4v) is 2.47. The number of ether oxygens (including phenoxy) is 1. The summed E-state index contributed by atoms with van der Waals surface area (Å²) in [4.78, 5) is 12.1. The molecule has 21 heavy (non-hydrogen) atoms. The second-order valence-corrected chi connectivity index (χ2v) is 6.06. The van der Waals surface area contributed by atoms with E-state index in [1.807, 2.05) is 30.3 Å². The van der Waals surface area contributed by atoms with Gasteiger partial charge < -0.3 is 4.74 Å². The summed E-state index contributed by atoms with van der Waals surface area (Å²) in [5.74, 6) is 0.441. The van der Waals surface area contributed by atoms with Gasteiger partial charge >= 0.3 is 0 Å². The minimum absolute atomic E-state index is 0.0245. The fourth-order valence-electron chi connectivity index (χ4n) is 1.96. The van der Waals surface area contributed by atoms with Crippen LogP contribution in [-0.4, -0.2) is 12.4 Å². The van der Waals surface area contributed by atoms with Crippen LogP contribution < -0.4 is 4.74 Å². The molecule has 0 amide bonds. The van der Waals surface area contributed by atoms with Crippen LogP contribution in [0.5, 0.6) is 5.75 Å². The van der Waals surface area contributed by atoms with Crippen LogP contribution in [0.3, 0.4) is 0 Å². The molecule has 0 heterocycles. The molecule has 0 spiro atoms. The zero-order chi connectivity index (χ0) is 15.2. The molecule has 0 saturated heterocycles. The molecule has 0 N–H and O–H groups in total. The third-order valence-corrected chi connectivity index (χ3v) is 3.87. The topological polar surface area (TPSA) is 26.3 Å². The van der Waals surface area contributed by atoms with Crippen molar-refractivity contribution in [3.05, 3.63) is 63.1 Å². The Morgan fingerprint density at radius 3 is 2.57 bits per heavy atom. The molecule has 0 atom stereocenters. The number of hydrogen-bond donors (Lipinski definition) is 0. The van der Waals surface area contributed by atoms with E-state index < -0.39 is 0 Å². The molecule has 0 aliphatic heterocycles. The molecule has 110 valence electrons. The minimum Gasteiger partial charge on any atom is -0.484 e. The normalized spacial score (nSPS) is 10.4. The summed E-state index contributed by atoms with van der Waals surface area (Å²) in [6, 6.07) is 13.0. The molecule has 4 heteroatoms. The van der Waals surface area contributed by atoms with Gasteiger partial charge in [0.2, 0.25) is 0 Å². The Labute approximate surface area is 138 Å². The largest absolute Gasteiger partial charge is 0.484 e. The zero-order valence-corrected chi connectivity index (χ0v) is 14.1. The highest BCUT2D eigenvalue weighted by molar-refractivity contribution is 9.10. The van der Waals surface area contributed by atoms with Crippen molar-refractivity contribution in [3.8, 4) is 5.75 Å². The van der Waals surface area contributed by atoms with Gasteiger partial charge in [-0.2, -0.15) is 0 Å². The van der Waals surface area contributed by atoms with Crippen molar-refractivity contribution in [2.75, 3.05) is 6.61 Å². The van der Waals surface area contributed by atoms with E-state index in [9.17, 15) is 4.79 Å². The van der Waals surface area contributed by atoms with Gasteiger partial charge in [-0.1, -0.05) is 65.1 Å². The number of carbonyl (C=O) groups is 1. The number of aryl methyl sites for hydroxylation is 1. The zero-order valence-electron chi connectivity index (χ0n) is 11.7. The highest BCUT2D eigenvalue weighted by Crippen LogP contribution is 2.28. The highest BCUT2D eigenvalue weighted by atomic mass is 79.9. The van der Waals surface area contributed by atoms with Crippen LogP contribution in [0.1, 0.15) is 29.3 Å². The first-order chi connectivity index (χ1) is 10.1. The number of ketones is 1. The molecule has 2 aromatic carbocycles. The maximum Gasteiger partial charge on any atom is 0.200 e. The van der Waals surface area contributed by atoms with Gasteiger partial charge in [0, 0.05) is 10.0 Å². The van der Waals surface area contributed by atoms with E-state index >= 15 is 0 Å². The van der Waals surface area contributed by atoms with Crippen molar-refractivity contribution in [1.82, 2.24) is 0 Å². The molecule has 0 fully saturated rings. The Balaban J connectivity index is 1.99. The monoisotopic (exact) mass is 366 g/mol. The van der Waals surface area contributed by atoms with Crippen molar-refractivity contribution in [2.24, 2.45) is 0 Å². The van der Waals surface area contributed by atoms with E-state index in [1.165, 1.54) is 5.56 Å². The van der Waals surface area contributed by atoms with Crippen molar-refractivity contribution in [3.63, 3.8) is 0 Å². The van der Waals surface area contributed by atoms with E-state index in [2.05, 4.69) is 22.9 Å². The number of benzene rings is 2. The van der Waals surface area contributed by atoms with E-state index in [0.717, 1.165) is 17.3 Å². The molecule has 0 unspecified atom stereocenters. The summed E-state index contributed by atoms with van der Waals surface area (Å²) in [6.45, 7) is 2.11. The first-order valence-electron chi connectivity index (χ1n) is 6.80. The van der Waals surface area contributed by atoms with Crippen LogP contribution in [0.25, 0.3) is 0 Å². The summed E-state index contributed by atoms with van der Waals surface area (Å²) in [7, 11) is 0. The molecule has 0 saturated carbocycles. The van der Waals surface area contributed by atoms with Gasteiger partial charge in [0.25, 0.3) is 0 Å². The molecule has 0 aliphatic rings. The lowest BCUT2D eigenvalue weighted by molar-refractivity contribution is 0.0921. The van der Waals surface area contributed by atoms with Crippen LogP contribution in [0, 0.1) is 0 Å².